The van der Waals surface area contributed by atoms with Crippen molar-refractivity contribution in [3.63, 3.8) is 0 Å². The van der Waals surface area contributed by atoms with Crippen LogP contribution in [0.2, 0.25) is 0 Å². The van der Waals surface area contributed by atoms with Crippen LogP contribution >= 0.6 is 0 Å². The fourth-order valence-corrected chi connectivity index (χ4v) is 5.70. The van der Waals surface area contributed by atoms with Crippen molar-refractivity contribution in [3.8, 4) is 0 Å². The summed E-state index contributed by atoms with van der Waals surface area (Å²) in [6, 6.07) is 0. The topological polar surface area (TPSA) is 69.7 Å². The van der Waals surface area contributed by atoms with Gasteiger partial charge >= 0.3 is 17.9 Å². The summed E-state index contributed by atoms with van der Waals surface area (Å²) < 4.78 is 9.79. The molecule has 0 atom stereocenters. The minimum Gasteiger partial charge on any atom is -0.454 e. The highest BCUT2D eigenvalue weighted by molar-refractivity contribution is 5.87. The van der Waals surface area contributed by atoms with Gasteiger partial charge in [-0.25, -0.2) is 4.79 Å². The van der Waals surface area contributed by atoms with Crippen LogP contribution in [0.25, 0.3) is 0 Å². The minimum absolute atomic E-state index is 0.247. The predicted octanol–water partition coefficient (Wildman–Crippen LogP) is 12.1. The van der Waals surface area contributed by atoms with E-state index in [1.54, 1.807) is 0 Å². The lowest BCUT2D eigenvalue weighted by Gasteiger charge is -2.06. The molecule has 0 saturated carbocycles. The molecule has 0 heterocycles. The van der Waals surface area contributed by atoms with Crippen LogP contribution in [0, 0.1) is 0 Å². The van der Waals surface area contributed by atoms with Gasteiger partial charge in [-0.3, -0.25) is 9.59 Å². The van der Waals surface area contributed by atoms with Crippen LogP contribution < -0.4 is 0 Å². The number of esters is 3. The van der Waals surface area contributed by atoms with Crippen LogP contribution in [0.4, 0.5) is 0 Å². The Morgan fingerprint density at radius 3 is 0.884 bits per heavy atom. The Morgan fingerprint density at radius 1 is 0.326 bits per heavy atom. The van der Waals surface area contributed by atoms with E-state index >= 15 is 0 Å². The van der Waals surface area contributed by atoms with E-state index in [4.69, 9.17) is 9.47 Å². The van der Waals surface area contributed by atoms with E-state index in [-0.39, 0.29) is 12.4 Å². The molecule has 0 spiro atoms. The lowest BCUT2D eigenvalue weighted by molar-refractivity contribution is -0.167. The van der Waals surface area contributed by atoms with E-state index in [1.807, 2.05) is 0 Å². The molecule has 254 valence electrons. The summed E-state index contributed by atoms with van der Waals surface area (Å²) in [7, 11) is 0. The van der Waals surface area contributed by atoms with Gasteiger partial charge < -0.3 is 9.47 Å². The maximum atomic E-state index is 11.9. The molecule has 0 aliphatic heterocycles. The van der Waals surface area contributed by atoms with Gasteiger partial charge in [-0.05, 0) is 12.8 Å². The number of rotatable bonds is 34. The van der Waals surface area contributed by atoms with E-state index in [2.05, 4.69) is 13.8 Å². The summed E-state index contributed by atoms with van der Waals surface area (Å²) >= 11 is 0. The van der Waals surface area contributed by atoms with Crippen LogP contribution in [-0.2, 0) is 23.9 Å². The van der Waals surface area contributed by atoms with Gasteiger partial charge in [0.2, 0.25) is 0 Å². The van der Waals surface area contributed by atoms with Gasteiger partial charge in [0.15, 0.2) is 6.61 Å². The minimum atomic E-state index is -0.768. The van der Waals surface area contributed by atoms with Gasteiger partial charge in [0, 0.05) is 12.8 Å². The Kier molecular flexibility index (Phi) is 34.0. The van der Waals surface area contributed by atoms with Gasteiger partial charge in [-0.15, -0.1) is 0 Å². The molecule has 0 aliphatic rings. The maximum Gasteiger partial charge on any atom is 0.351 e. The SMILES string of the molecule is CCCCCCCCCCCCCCCCCC(=O)OCC(=O)OC(=O)CCCCCCCCCCCCCCCCC. The van der Waals surface area contributed by atoms with E-state index in [1.165, 1.54) is 154 Å². The smallest absolute Gasteiger partial charge is 0.351 e. The molecule has 0 aliphatic carbocycles. The Labute approximate surface area is 267 Å². The molecule has 0 amide bonds. The Morgan fingerprint density at radius 2 is 0.581 bits per heavy atom. The molecule has 0 aromatic carbocycles. The van der Waals surface area contributed by atoms with Crippen molar-refractivity contribution >= 4 is 17.9 Å². The van der Waals surface area contributed by atoms with Gasteiger partial charge in [0.05, 0.1) is 0 Å². The average molecular weight is 609 g/mol. The molecular weight excluding hydrogens is 536 g/mol. The molecule has 0 rings (SSSR count). The molecule has 0 unspecified atom stereocenters. The van der Waals surface area contributed by atoms with Crippen molar-refractivity contribution in [1.82, 2.24) is 0 Å². The molecule has 5 heteroatoms. The molecular formula is C38H72O5. The van der Waals surface area contributed by atoms with E-state index < -0.39 is 18.5 Å². The fourth-order valence-electron chi connectivity index (χ4n) is 5.70. The predicted molar refractivity (Wildman–Crippen MR) is 181 cm³/mol. The first-order chi connectivity index (χ1) is 21.1. The summed E-state index contributed by atoms with van der Waals surface area (Å²) in [4.78, 5) is 35.6. The number of hydrogen-bond donors (Lipinski definition) is 0. The summed E-state index contributed by atoms with van der Waals surface area (Å²) in [5.41, 5.74) is 0. The van der Waals surface area contributed by atoms with Crippen LogP contribution in [0.3, 0.4) is 0 Å². The van der Waals surface area contributed by atoms with Gasteiger partial charge in [0.1, 0.15) is 0 Å². The first-order valence-electron chi connectivity index (χ1n) is 19.0. The van der Waals surface area contributed by atoms with Crippen LogP contribution in [0.1, 0.15) is 219 Å². The number of ether oxygens (including phenoxy) is 2. The maximum absolute atomic E-state index is 11.9. The first kappa shape index (κ1) is 41.6. The number of unbranched alkanes of at least 4 members (excludes halogenated alkanes) is 28. The van der Waals surface area contributed by atoms with Crippen molar-refractivity contribution < 1.29 is 23.9 Å². The van der Waals surface area contributed by atoms with Crippen LogP contribution in [0.5, 0.6) is 0 Å². The Balaban J connectivity index is 3.39. The number of carbonyl (C=O) groups is 3. The molecule has 43 heavy (non-hydrogen) atoms. The Bertz CT molecular complexity index is 617. The number of hydrogen-bond acceptors (Lipinski definition) is 5. The number of carbonyl (C=O) groups excluding carboxylic acids is 3. The third kappa shape index (κ3) is 35.0. The summed E-state index contributed by atoms with van der Waals surface area (Å²) in [6.45, 7) is 4.06. The van der Waals surface area contributed by atoms with Crippen LogP contribution in [0.15, 0.2) is 0 Å². The van der Waals surface area contributed by atoms with Crippen molar-refractivity contribution in [1.29, 1.82) is 0 Å². The molecule has 0 N–H and O–H groups in total. The fraction of sp³-hybridized carbons (Fsp3) is 0.921. The highest BCUT2D eigenvalue weighted by atomic mass is 16.6. The van der Waals surface area contributed by atoms with Crippen molar-refractivity contribution in [2.75, 3.05) is 6.61 Å². The molecule has 0 radical (unpaired) electrons. The summed E-state index contributed by atoms with van der Waals surface area (Å²) in [5, 5.41) is 0. The largest absolute Gasteiger partial charge is 0.454 e. The standard InChI is InChI=1S/C38H72O5/c1-3-5-7-9-11-13-15-17-19-21-23-25-27-29-31-33-36(39)42-35-38(41)43-37(40)34-32-30-28-26-24-22-20-18-16-14-12-10-8-6-4-2/h3-35H2,1-2H3. The first-order valence-corrected chi connectivity index (χ1v) is 19.0. The van der Waals surface area contributed by atoms with Crippen LogP contribution in [-0.4, -0.2) is 24.5 Å². The van der Waals surface area contributed by atoms with Gasteiger partial charge in [-0.1, -0.05) is 194 Å². The summed E-state index contributed by atoms with van der Waals surface area (Å²) in [5.74, 6) is -1.67. The van der Waals surface area contributed by atoms with Crippen molar-refractivity contribution in [2.24, 2.45) is 0 Å². The molecule has 0 saturated heterocycles. The summed E-state index contributed by atoms with van der Waals surface area (Å²) in [6.07, 6.45) is 38.8. The monoisotopic (exact) mass is 609 g/mol. The lowest BCUT2D eigenvalue weighted by atomic mass is 10.0. The second-order valence-electron chi connectivity index (χ2n) is 12.9. The zero-order valence-corrected chi connectivity index (χ0v) is 28.9. The second kappa shape index (κ2) is 35.1. The normalized spacial score (nSPS) is 11.1. The van der Waals surface area contributed by atoms with Gasteiger partial charge in [0.25, 0.3) is 0 Å². The second-order valence-corrected chi connectivity index (χ2v) is 12.9. The van der Waals surface area contributed by atoms with Crippen molar-refractivity contribution in [3.05, 3.63) is 0 Å². The lowest BCUT2D eigenvalue weighted by Crippen LogP contribution is -2.19. The Hall–Kier alpha value is -1.39. The highest BCUT2D eigenvalue weighted by Gasteiger charge is 2.13. The van der Waals surface area contributed by atoms with E-state index in [9.17, 15) is 14.4 Å². The zero-order chi connectivity index (χ0) is 31.5. The third-order valence-corrected chi connectivity index (χ3v) is 8.55. The highest BCUT2D eigenvalue weighted by Crippen LogP contribution is 2.15. The zero-order valence-electron chi connectivity index (χ0n) is 28.9. The van der Waals surface area contributed by atoms with E-state index in [0.717, 1.165) is 38.5 Å². The van der Waals surface area contributed by atoms with Gasteiger partial charge in [-0.2, -0.15) is 0 Å². The molecule has 0 aromatic heterocycles. The third-order valence-electron chi connectivity index (χ3n) is 8.55. The average Bonchev–Trinajstić information content (AvgIpc) is 3.00. The molecule has 0 bridgehead atoms. The van der Waals surface area contributed by atoms with Crippen molar-refractivity contribution in [2.45, 2.75) is 219 Å². The molecule has 5 nitrogen and oxygen atoms in total. The molecule has 0 fully saturated rings. The quantitative estimate of drug-likeness (QED) is 0.0413. The van der Waals surface area contributed by atoms with E-state index in [0.29, 0.717) is 6.42 Å². The molecule has 0 aromatic rings.